The summed E-state index contributed by atoms with van der Waals surface area (Å²) in [5.74, 6) is -0.665. The van der Waals surface area contributed by atoms with Crippen molar-refractivity contribution in [3.63, 3.8) is 0 Å². The number of nitrogens with one attached hydrogen (secondary N) is 2. The molecule has 0 heterocycles. The summed E-state index contributed by atoms with van der Waals surface area (Å²) in [6.07, 6.45) is 0.0411. The van der Waals surface area contributed by atoms with Gasteiger partial charge in [-0.2, -0.15) is 12.6 Å². The van der Waals surface area contributed by atoms with Gasteiger partial charge in [-0.3, -0.25) is 14.4 Å². The second-order valence-electron chi connectivity index (χ2n) is 7.30. The molecule has 0 fully saturated rings. The zero-order valence-corrected chi connectivity index (χ0v) is 21.0. The summed E-state index contributed by atoms with van der Waals surface area (Å²) >= 11 is 16.1. The molecule has 3 rings (SSSR count). The largest absolute Gasteiger partial charge is 1.00 e. The van der Waals surface area contributed by atoms with Gasteiger partial charge in [0, 0.05) is 16.8 Å². The SMILES string of the molecule is [Cl-].[NH3+][C@@H](CS)C(=O)Nc1ccc(NC(=O)Cc2ccc(Cl)c(Cl)c2)c(C(=O)c2ccccc2)c1. The molecule has 0 aromatic heterocycles. The van der Waals surface area contributed by atoms with Crippen LogP contribution < -0.4 is 28.8 Å². The maximum absolute atomic E-state index is 13.2. The first-order chi connectivity index (χ1) is 15.8. The van der Waals surface area contributed by atoms with Gasteiger partial charge in [0.1, 0.15) is 0 Å². The van der Waals surface area contributed by atoms with Crippen molar-refractivity contribution in [3.05, 3.63) is 93.5 Å². The lowest BCUT2D eigenvalue weighted by Gasteiger charge is -2.14. The lowest BCUT2D eigenvalue weighted by Crippen LogP contribution is -3.00. The molecule has 3 aromatic carbocycles. The highest BCUT2D eigenvalue weighted by Crippen LogP contribution is 2.26. The predicted octanol–water partition coefficient (Wildman–Crippen LogP) is 0.888. The highest BCUT2D eigenvalue weighted by atomic mass is 35.5. The number of benzene rings is 3. The molecule has 0 saturated carbocycles. The van der Waals surface area contributed by atoms with Gasteiger partial charge in [0.25, 0.3) is 5.91 Å². The van der Waals surface area contributed by atoms with E-state index in [9.17, 15) is 14.4 Å². The third-order valence-electron chi connectivity index (χ3n) is 4.78. The predicted molar refractivity (Wildman–Crippen MR) is 134 cm³/mol. The topological polar surface area (TPSA) is 103 Å². The van der Waals surface area contributed by atoms with Crippen molar-refractivity contribution < 1.29 is 32.5 Å². The van der Waals surface area contributed by atoms with Crippen LogP contribution in [0.2, 0.25) is 10.0 Å². The zero-order chi connectivity index (χ0) is 24.0. The van der Waals surface area contributed by atoms with E-state index in [1.165, 1.54) is 6.07 Å². The molecule has 0 unspecified atom stereocenters. The highest BCUT2D eigenvalue weighted by molar-refractivity contribution is 7.80. The Morgan fingerprint density at radius 1 is 0.912 bits per heavy atom. The maximum atomic E-state index is 13.2. The van der Waals surface area contributed by atoms with Gasteiger partial charge < -0.3 is 28.8 Å². The van der Waals surface area contributed by atoms with Crippen LogP contribution in [0.3, 0.4) is 0 Å². The van der Waals surface area contributed by atoms with Gasteiger partial charge >= 0.3 is 0 Å². The smallest absolute Gasteiger partial charge is 0.283 e. The number of amides is 2. The van der Waals surface area contributed by atoms with E-state index in [0.29, 0.717) is 32.5 Å². The number of hydrogen-bond acceptors (Lipinski definition) is 4. The van der Waals surface area contributed by atoms with Crippen molar-refractivity contribution >= 4 is 64.8 Å². The Balaban J connectivity index is 0.00000408. The third kappa shape index (κ3) is 7.22. The number of anilines is 2. The van der Waals surface area contributed by atoms with Gasteiger partial charge in [-0.25, -0.2) is 0 Å². The summed E-state index contributed by atoms with van der Waals surface area (Å²) in [5.41, 5.74) is 5.85. The number of quaternary nitrogens is 1. The molecular formula is C24H22Cl3N3O3S. The summed E-state index contributed by atoms with van der Waals surface area (Å²) in [6.45, 7) is 0. The fourth-order valence-corrected chi connectivity index (χ4v) is 3.51. The van der Waals surface area contributed by atoms with Crippen molar-refractivity contribution in [1.29, 1.82) is 0 Å². The van der Waals surface area contributed by atoms with Crippen LogP contribution in [0.1, 0.15) is 21.5 Å². The first-order valence-corrected chi connectivity index (χ1v) is 11.4. The second-order valence-corrected chi connectivity index (χ2v) is 8.48. The van der Waals surface area contributed by atoms with E-state index in [4.69, 9.17) is 23.2 Å². The molecule has 5 N–H and O–H groups in total. The summed E-state index contributed by atoms with van der Waals surface area (Å²) < 4.78 is 0. The lowest BCUT2D eigenvalue weighted by molar-refractivity contribution is -0.395. The van der Waals surface area contributed by atoms with E-state index in [-0.39, 0.29) is 47.7 Å². The molecule has 0 aliphatic carbocycles. The number of rotatable bonds is 8. The van der Waals surface area contributed by atoms with Crippen molar-refractivity contribution in [2.24, 2.45) is 0 Å². The average molecular weight is 539 g/mol. The Morgan fingerprint density at radius 3 is 2.26 bits per heavy atom. The van der Waals surface area contributed by atoms with Crippen LogP contribution in [-0.2, 0) is 16.0 Å². The Bertz CT molecular complexity index is 1190. The highest BCUT2D eigenvalue weighted by Gasteiger charge is 2.19. The Hall–Kier alpha value is -2.55. The zero-order valence-electron chi connectivity index (χ0n) is 17.9. The van der Waals surface area contributed by atoms with Crippen LogP contribution in [-0.4, -0.2) is 29.4 Å². The Morgan fingerprint density at radius 2 is 1.62 bits per heavy atom. The van der Waals surface area contributed by atoms with Gasteiger partial charge in [0.05, 0.1) is 27.9 Å². The minimum atomic E-state index is -0.549. The minimum absolute atomic E-state index is 0. The Labute approximate surface area is 219 Å². The average Bonchev–Trinajstić information content (AvgIpc) is 2.81. The maximum Gasteiger partial charge on any atom is 0.283 e. The molecule has 0 radical (unpaired) electrons. The van der Waals surface area contributed by atoms with E-state index >= 15 is 0 Å². The summed E-state index contributed by atoms with van der Waals surface area (Å²) in [7, 11) is 0. The molecule has 0 aliphatic rings. The molecule has 1 atom stereocenters. The third-order valence-corrected chi connectivity index (χ3v) is 5.96. The quantitative estimate of drug-likeness (QED) is 0.253. The number of halogens is 3. The summed E-state index contributed by atoms with van der Waals surface area (Å²) in [4.78, 5) is 38.1. The van der Waals surface area contributed by atoms with E-state index in [2.05, 4.69) is 29.0 Å². The minimum Gasteiger partial charge on any atom is -1.00 e. The summed E-state index contributed by atoms with van der Waals surface area (Å²) in [5, 5.41) is 6.27. The molecule has 34 heavy (non-hydrogen) atoms. The summed E-state index contributed by atoms with van der Waals surface area (Å²) in [6, 6.07) is 17.8. The van der Waals surface area contributed by atoms with E-state index < -0.39 is 6.04 Å². The van der Waals surface area contributed by atoms with Gasteiger partial charge in [-0.05, 0) is 35.9 Å². The molecular weight excluding hydrogens is 517 g/mol. The normalized spacial score (nSPS) is 11.2. The van der Waals surface area contributed by atoms with Gasteiger partial charge in [-0.1, -0.05) is 59.6 Å². The van der Waals surface area contributed by atoms with Crippen molar-refractivity contribution in [1.82, 2.24) is 0 Å². The number of carbonyl (C=O) groups excluding carboxylic acids is 3. The number of ketones is 1. The fourth-order valence-electron chi connectivity index (χ4n) is 3.02. The molecule has 6 nitrogen and oxygen atoms in total. The monoisotopic (exact) mass is 537 g/mol. The molecule has 10 heteroatoms. The number of hydrogen-bond donors (Lipinski definition) is 4. The molecule has 0 aliphatic heterocycles. The molecule has 178 valence electrons. The van der Waals surface area contributed by atoms with Crippen molar-refractivity contribution in [2.75, 3.05) is 16.4 Å². The number of thiol groups is 1. The fraction of sp³-hybridized carbons (Fsp3) is 0.125. The number of carbonyl (C=O) groups is 3. The van der Waals surface area contributed by atoms with Gasteiger partial charge in [0.2, 0.25) is 5.91 Å². The van der Waals surface area contributed by atoms with Crippen LogP contribution in [0.15, 0.2) is 66.7 Å². The Kier molecular flexibility index (Phi) is 10.4. The van der Waals surface area contributed by atoms with Gasteiger partial charge in [-0.15, -0.1) is 0 Å². The molecule has 2 amide bonds. The molecule has 0 saturated heterocycles. The van der Waals surface area contributed by atoms with Crippen molar-refractivity contribution in [2.45, 2.75) is 12.5 Å². The second kappa shape index (κ2) is 12.8. The van der Waals surface area contributed by atoms with Crippen molar-refractivity contribution in [3.8, 4) is 0 Å². The first kappa shape index (κ1) is 27.7. The standard InChI is InChI=1S/C24H21Cl2N3O3S.ClH/c25-18-8-6-14(10-19(18)26)11-22(30)29-21-9-7-16(28-24(32)20(27)13-33)12-17(21)23(31)15-4-2-1-3-5-15;/h1-10,12,20,33H,11,13,27H2,(H,28,32)(H,29,30);1H/t20-;/m0./s1. The van der Waals surface area contributed by atoms with Gasteiger partial charge in [0.15, 0.2) is 11.8 Å². The van der Waals surface area contributed by atoms with E-state index in [1.54, 1.807) is 60.7 Å². The van der Waals surface area contributed by atoms with E-state index in [1.807, 2.05) is 0 Å². The lowest BCUT2D eigenvalue weighted by atomic mass is 10.0. The molecule has 0 bridgehead atoms. The van der Waals surface area contributed by atoms with Crippen LogP contribution in [0.4, 0.5) is 11.4 Å². The van der Waals surface area contributed by atoms with Crippen LogP contribution in [0.5, 0.6) is 0 Å². The van der Waals surface area contributed by atoms with Crippen LogP contribution in [0.25, 0.3) is 0 Å². The molecule has 0 spiro atoms. The van der Waals surface area contributed by atoms with E-state index in [0.717, 1.165) is 0 Å². The van der Waals surface area contributed by atoms with Crippen LogP contribution >= 0.6 is 35.8 Å². The molecule has 3 aromatic rings. The van der Waals surface area contributed by atoms with Crippen LogP contribution in [0, 0.1) is 0 Å². The first-order valence-electron chi connectivity index (χ1n) is 10.0.